The lowest BCUT2D eigenvalue weighted by Gasteiger charge is -2.23. The highest BCUT2D eigenvalue weighted by molar-refractivity contribution is 5.98. The van der Waals surface area contributed by atoms with E-state index in [0.29, 0.717) is 50.4 Å². The zero-order chi connectivity index (χ0) is 29.9. The standard InChI is InChI=1S/C32H54O8/c1-7-11-13-25(9-3)21-37-17-19-39-23(5)27-15-16-28(31(33)34)29(30(27)32(35)36)24(6)40-20-18-38-22-26(10-4)14-12-8-2/h15-16,23-26H,7-14,17-22H2,1-6H3,(H,33,34)(H,35,36). The molecule has 0 bridgehead atoms. The summed E-state index contributed by atoms with van der Waals surface area (Å²) in [5.41, 5.74) is 0.377. The highest BCUT2D eigenvalue weighted by Crippen LogP contribution is 2.32. The van der Waals surface area contributed by atoms with Gasteiger partial charge >= 0.3 is 11.9 Å². The summed E-state index contributed by atoms with van der Waals surface area (Å²) >= 11 is 0. The highest BCUT2D eigenvalue weighted by atomic mass is 16.5. The second kappa shape index (κ2) is 20.8. The molecule has 40 heavy (non-hydrogen) atoms. The van der Waals surface area contributed by atoms with Crippen LogP contribution in [-0.2, 0) is 18.9 Å². The smallest absolute Gasteiger partial charge is 0.336 e. The van der Waals surface area contributed by atoms with Crippen molar-refractivity contribution in [1.82, 2.24) is 0 Å². The molecule has 8 heteroatoms. The molecule has 230 valence electrons. The van der Waals surface area contributed by atoms with Crippen molar-refractivity contribution in [2.45, 2.75) is 105 Å². The van der Waals surface area contributed by atoms with Crippen molar-refractivity contribution in [2.24, 2.45) is 11.8 Å². The minimum absolute atomic E-state index is 0.0852. The van der Waals surface area contributed by atoms with Crippen LogP contribution in [-0.4, -0.2) is 61.8 Å². The second-order valence-corrected chi connectivity index (χ2v) is 10.6. The molecule has 0 heterocycles. The summed E-state index contributed by atoms with van der Waals surface area (Å²) in [7, 11) is 0. The third-order valence-electron chi connectivity index (χ3n) is 7.55. The van der Waals surface area contributed by atoms with Gasteiger partial charge in [0, 0.05) is 18.8 Å². The molecule has 1 aromatic rings. The molecule has 4 unspecified atom stereocenters. The topological polar surface area (TPSA) is 112 Å². The Balaban J connectivity index is 2.85. The molecule has 0 amide bonds. The molecule has 0 aromatic heterocycles. The van der Waals surface area contributed by atoms with Crippen molar-refractivity contribution >= 4 is 11.9 Å². The van der Waals surface area contributed by atoms with Crippen molar-refractivity contribution in [3.63, 3.8) is 0 Å². The van der Waals surface area contributed by atoms with E-state index in [1.807, 2.05) is 0 Å². The number of aromatic carboxylic acids is 2. The van der Waals surface area contributed by atoms with E-state index in [-0.39, 0.29) is 23.3 Å². The number of carbonyl (C=O) groups is 2. The summed E-state index contributed by atoms with van der Waals surface area (Å²) in [5.74, 6) is -1.38. The van der Waals surface area contributed by atoms with Gasteiger partial charge < -0.3 is 29.2 Å². The zero-order valence-electron chi connectivity index (χ0n) is 25.7. The highest BCUT2D eigenvalue weighted by Gasteiger charge is 2.28. The number of carboxylic acid groups (broad SMARTS) is 2. The van der Waals surface area contributed by atoms with Crippen molar-refractivity contribution in [3.05, 3.63) is 34.4 Å². The van der Waals surface area contributed by atoms with Crippen molar-refractivity contribution < 1.29 is 38.7 Å². The quantitative estimate of drug-likeness (QED) is 0.122. The SMILES string of the molecule is CCCCC(CC)COCCOC(C)c1ccc(C(=O)O)c(C(C)OCCOCC(CC)CCCC)c1C(=O)O. The number of rotatable bonds is 24. The van der Waals surface area contributed by atoms with Crippen molar-refractivity contribution in [3.8, 4) is 0 Å². The Bertz CT molecular complexity index is 856. The zero-order valence-corrected chi connectivity index (χ0v) is 25.7. The third-order valence-corrected chi connectivity index (χ3v) is 7.55. The van der Waals surface area contributed by atoms with Gasteiger partial charge in [0.25, 0.3) is 0 Å². The van der Waals surface area contributed by atoms with Gasteiger partial charge in [-0.2, -0.15) is 0 Å². The molecule has 0 radical (unpaired) electrons. The van der Waals surface area contributed by atoms with Crippen LogP contribution in [0.1, 0.15) is 137 Å². The summed E-state index contributed by atoms with van der Waals surface area (Å²) in [6.45, 7) is 14.8. The normalized spacial score (nSPS) is 14.6. The number of hydrogen-bond acceptors (Lipinski definition) is 6. The number of benzene rings is 1. The largest absolute Gasteiger partial charge is 0.478 e. The fourth-order valence-corrected chi connectivity index (χ4v) is 4.86. The van der Waals surface area contributed by atoms with Gasteiger partial charge in [0.05, 0.1) is 49.8 Å². The molecule has 0 spiro atoms. The fourth-order valence-electron chi connectivity index (χ4n) is 4.86. The monoisotopic (exact) mass is 566 g/mol. The van der Waals surface area contributed by atoms with Crippen LogP contribution in [0.2, 0.25) is 0 Å². The van der Waals surface area contributed by atoms with E-state index in [2.05, 4.69) is 27.7 Å². The molecule has 2 N–H and O–H groups in total. The summed E-state index contributed by atoms with van der Waals surface area (Å²) < 4.78 is 23.4. The molecular formula is C32H54O8. The Morgan fingerprint density at radius 2 is 1.23 bits per heavy atom. The first-order valence-corrected chi connectivity index (χ1v) is 15.2. The van der Waals surface area contributed by atoms with Crippen molar-refractivity contribution in [2.75, 3.05) is 39.6 Å². The van der Waals surface area contributed by atoms with E-state index in [1.54, 1.807) is 13.8 Å². The Morgan fingerprint density at radius 1 is 0.725 bits per heavy atom. The molecule has 0 aliphatic carbocycles. The number of unbranched alkanes of at least 4 members (excludes halogenated alkanes) is 2. The van der Waals surface area contributed by atoms with Gasteiger partial charge in [0.15, 0.2) is 0 Å². The van der Waals surface area contributed by atoms with E-state index in [9.17, 15) is 19.8 Å². The Morgan fingerprint density at radius 3 is 1.65 bits per heavy atom. The van der Waals surface area contributed by atoms with Crippen LogP contribution in [0, 0.1) is 11.8 Å². The lowest BCUT2D eigenvalue weighted by molar-refractivity contribution is -0.00191. The molecule has 1 aromatic carbocycles. The maximum atomic E-state index is 12.4. The second-order valence-electron chi connectivity index (χ2n) is 10.6. The van der Waals surface area contributed by atoms with Gasteiger partial charge in [-0.05, 0) is 50.2 Å². The molecule has 0 fully saturated rings. The van der Waals surface area contributed by atoms with Crippen LogP contribution >= 0.6 is 0 Å². The lowest BCUT2D eigenvalue weighted by atomic mass is 9.90. The number of hydrogen-bond donors (Lipinski definition) is 2. The summed E-state index contributed by atoms with van der Waals surface area (Å²) in [5, 5.41) is 20.0. The van der Waals surface area contributed by atoms with E-state index in [4.69, 9.17) is 18.9 Å². The maximum Gasteiger partial charge on any atom is 0.336 e. The van der Waals surface area contributed by atoms with Crippen LogP contribution in [0.5, 0.6) is 0 Å². The molecule has 0 aliphatic heterocycles. The Hall–Kier alpha value is -2.00. The minimum atomic E-state index is -1.21. The molecule has 0 saturated carbocycles. The predicted molar refractivity (Wildman–Crippen MR) is 157 cm³/mol. The lowest BCUT2D eigenvalue weighted by Crippen LogP contribution is -2.20. The Labute approximate surface area is 241 Å². The molecular weight excluding hydrogens is 512 g/mol. The molecule has 4 atom stereocenters. The molecule has 0 saturated heterocycles. The maximum absolute atomic E-state index is 12.4. The first-order chi connectivity index (χ1) is 19.2. The summed E-state index contributed by atoms with van der Waals surface area (Å²) in [6, 6.07) is 2.96. The first-order valence-electron chi connectivity index (χ1n) is 15.2. The summed E-state index contributed by atoms with van der Waals surface area (Å²) in [6.07, 6.45) is 7.77. The van der Waals surface area contributed by atoms with Gasteiger partial charge in [0.1, 0.15) is 0 Å². The average molecular weight is 567 g/mol. The van der Waals surface area contributed by atoms with E-state index in [1.165, 1.54) is 31.4 Å². The van der Waals surface area contributed by atoms with Gasteiger partial charge in [-0.25, -0.2) is 9.59 Å². The third kappa shape index (κ3) is 12.7. The van der Waals surface area contributed by atoms with Crippen LogP contribution in [0.3, 0.4) is 0 Å². The van der Waals surface area contributed by atoms with Gasteiger partial charge in [-0.3, -0.25) is 0 Å². The van der Waals surface area contributed by atoms with E-state index >= 15 is 0 Å². The average Bonchev–Trinajstić information content (AvgIpc) is 2.94. The summed E-state index contributed by atoms with van der Waals surface area (Å²) in [4.78, 5) is 24.4. The van der Waals surface area contributed by atoms with Crippen LogP contribution in [0.25, 0.3) is 0 Å². The number of carboxylic acids is 2. The first kappa shape index (κ1) is 36.0. The fraction of sp³-hybridized carbons (Fsp3) is 0.750. The minimum Gasteiger partial charge on any atom is -0.478 e. The van der Waals surface area contributed by atoms with Gasteiger partial charge in [-0.15, -0.1) is 0 Å². The van der Waals surface area contributed by atoms with Gasteiger partial charge in [0.2, 0.25) is 0 Å². The van der Waals surface area contributed by atoms with Crippen LogP contribution in [0.4, 0.5) is 0 Å². The Kier molecular flexibility index (Phi) is 18.7. The number of ether oxygens (including phenoxy) is 4. The van der Waals surface area contributed by atoms with E-state index in [0.717, 1.165) is 32.1 Å². The van der Waals surface area contributed by atoms with E-state index < -0.39 is 24.1 Å². The predicted octanol–water partition coefficient (Wildman–Crippen LogP) is 7.70. The molecule has 1 rings (SSSR count). The van der Waals surface area contributed by atoms with Crippen LogP contribution in [0.15, 0.2) is 12.1 Å². The van der Waals surface area contributed by atoms with Crippen molar-refractivity contribution in [1.29, 1.82) is 0 Å². The van der Waals surface area contributed by atoms with Gasteiger partial charge in [-0.1, -0.05) is 72.3 Å². The molecule has 0 aliphatic rings. The molecule has 8 nitrogen and oxygen atoms in total. The van der Waals surface area contributed by atoms with Crippen LogP contribution < -0.4 is 0 Å².